The summed E-state index contributed by atoms with van der Waals surface area (Å²) in [6.07, 6.45) is 1.60. The quantitative estimate of drug-likeness (QED) is 0.0679. The molecule has 4 aromatic carbocycles. The standard InChI is InChI=1S/C53H68O8/c1-12-14-32-53(61-50(57)42-21-17-37(4)18-22-42,35-38(5)58-47(54)39-19-15-36(3)16-20-39)33-31-46(60-49(56)41-25-29-44(30-26-41)52(9,10)11)34-45(13-2)59-48(55)40-23-27-43(28-24-40)51(6,7)8/h15-30,38,45-46H,12-14,31-35H2,1-11H3. The molecule has 0 bridgehead atoms. The van der Waals surface area contributed by atoms with Crippen LogP contribution in [0.2, 0.25) is 0 Å². The first-order chi connectivity index (χ1) is 28.7. The molecule has 0 radical (unpaired) electrons. The average Bonchev–Trinajstić information content (AvgIpc) is 3.21. The van der Waals surface area contributed by atoms with E-state index in [1.807, 2.05) is 76.2 Å². The van der Waals surface area contributed by atoms with Crippen molar-refractivity contribution in [1.82, 2.24) is 0 Å². The molecule has 4 atom stereocenters. The monoisotopic (exact) mass is 832 g/mol. The fraction of sp³-hybridized carbons (Fsp3) is 0.472. The Morgan fingerprint density at radius 1 is 0.525 bits per heavy atom. The Labute approximate surface area is 364 Å². The summed E-state index contributed by atoms with van der Waals surface area (Å²) in [4.78, 5) is 54.7. The smallest absolute Gasteiger partial charge is 0.338 e. The maximum absolute atomic E-state index is 14.0. The lowest BCUT2D eigenvalue weighted by Gasteiger charge is -2.37. The number of rotatable bonds is 19. The highest BCUT2D eigenvalue weighted by Gasteiger charge is 2.39. The zero-order chi connectivity index (χ0) is 45.0. The van der Waals surface area contributed by atoms with Crippen molar-refractivity contribution in [3.05, 3.63) is 142 Å². The lowest BCUT2D eigenvalue weighted by atomic mass is 9.84. The molecule has 0 N–H and O–H groups in total. The first-order valence-corrected chi connectivity index (χ1v) is 21.9. The van der Waals surface area contributed by atoms with Crippen molar-refractivity contribution < 1.29 is 38.1 Å². The third-order valence-corrected chi connectivity index (χ3v) is 11.3. The van der Waals surface area contributed by atoms with Crippen LogP contribution in [0.4, 0.5) is 0 Å². The summed E-state index contributed by atoms with van der Waals surface area (Å²) < 4.78 is 25.0. The Kier molecular flexibility index (Phi) is 17.1. The van der Waals surface area contributed by atoms with Crippen LogP contribution < -0.4 is 0 Å². The van der Waals surface area contributed by atoms with Crippen molar-refractivity contribution in [2.24, 2.45) is 0 Å². The van der Waals surface area contributed by atoms with Gasteiger partial charge in [0.05, 0.1) is 22.3 Å². The molecular formula is C53H68O8. The molecule has 4 unspecified atom stereocenters. The van der Waals surface area contributed by atoms with Gasteiger partial charge >= 0.3 is 23.9 Å². The van der Waals surface area contributed by atoms with Crippen molar-refractivity contribution >= 4 is 23.9 Å². The second-order valence-corrected chi connectivity index (χ2v) is 18.7. The third kappa shape index (κ3) is 14.7. The highest BCUT2D eigenvalue weighted by Crippen LogP contribution is 2.35. The van der Waals surface area contributed by atoms with Crippen LogP contribution in [0.15, 0.2) is 97.1 Å². The van der Waals surface area contributed by atoms with Crippen LogP contribution in [0.3, 0.4) is 0 Å². The molecule has 4 rings (SSSR count). The van der Waals surface area contributed by atoms with E-state index in [4.69, 9.17) is 18.9 Å². The van der Waals surface area contributed by atoms with Gasteiger partial charge in [0.2, 0.25) is 0 Å². The van der Waals surface area contributed by atoms with Gasteiger partial charge in [0.15, 0.2) is 0 Å². The summed E-state index contributed by atoms with van der Waals surface area (Å²) in [5.41, 5.74) is 4.64. The van der Waals surface area contributed by atoms with E-state index < -0.39 is 47.8 Å². The zero-order valence-corrected chi connectivity index (χ0v) is 38.4. The molecule has 8 nitrogen and oxygen atoms in total. The predicted molar refractivity (Wildman–Crippen MR) is 242 cm³/mol. The molecule has 0 aliphatic carbocycles. The summed E-state index contributed by atoms with van der Waals surface area (Å²) in [7, 11) is 0. The molecule has 0 saturated carbocycles. The summed E-state index contributed by atoms with van der Waals surface area (Å²) >= 11 is 0. The minimum atomic E-state index is -1.10. The Balaban J connectivity index is 1.67. The van der Waals surface area contributed by atoms with Gasteiger partial charge in [0, 0.05) is 12.8 Å². The van der Waals surface area contributed by atoms with Crippen LogP contribution in [0.1, 0.15) is 177 Å². The largest absolute Gasteiger partial charge is 0.459 e. The SMILES string of the molecule is CCCCC(CCC(CC(CC)OC(=O)c1ccc(C(C)(C)C)cc1)OC(=O)c1ccc(C(C)(C)C)cc1)(CC(C)OC(=O)c1ccc(C)cc1)OC(=O)c1ccc(C)cc1. The third-order valence-electron chi connectivity index (χ3n) is 11.3. The Hall–Kier alpha value is -5.24. The summed E-state index contributed by atoms with van der Waals surface area (Å²) in [5, 5.41) is 0. The topological polar surface area (TPSA) is 105 Å². The molecule has 328 valence electrons. The van der Waals surface area contributed by atoms with Crippen molar-refractivity contribution in [2.45, 2.75) is 162 Å². The summed E-state index contributed by atoms with van der Waals surface area (Å²) in [5.74, 6) is -1.91. The zero-order valence-electron chi connectivity index (χ0n) is 38.4. The van der Waals surface area contributed by atoms with E-state index in [0.29, 0.717) is 35.1 Å². The second-order valence-electron chi connectivity index (χ2n) is 18.7. The van der Waals surface area contributed by atoms with Crippen molar-refractivity contribution in [2.75, 3.05) is 0 Å². The van der Waals surface area contributed by atoms with Gasteiger partial charge in [-0.05, 0) is 123 Å². The van der Waals surface area contributed by atoms with Gasteiger partial charge in [0.1, 0.15) is 23.9 Å². The lowest BCUT2D eigenvalue weighted by molar-refractivity contribution is -0.0646. The number of hydrogen-bond donors (Lipinski definition) is 0. The van der Waals surface area contributed by atoms with Crippen LogP contribution >= 0.6 is 0 Å². The van der Waals surface area contributed by atoms with E-state index in [-0.39, 0.29) is 36.5 Å². The second kappa shape index (κ2) is 21.5. The predicted octanol–water partition coefficient (Wildman–Crippen LogP) is 12.7. The van der Waals surface area contributed by atoms with E-state index in [9.17, 15) is 19.2 Å². The number of unbranched alkanes of at least 4 members (excludes halogenated alkanes) is 1. The molecule has 61 heavy (non-hydrogen) atoms. The minimum absolute atomic E-state index is 0.0695. The molecule has 0 saturated heterocycles. The average molecular weight is 833 g/mol. The molecular weight excluding hydrogens is 765 g/mol. The van der Waals surface area contributed by atoms with Gasteiger partial charge in [-0.1, -0.05) is 121 Å². The molecule has 8 heteroatoms. The number of esters is 4. The highest BCUT2D eigenvalue weighted by molar-refractivity contribution is 5.91. The number of carbonyl (C=O) groups excluding carboxylic acids is 4. The van der Waals surface area contributed by atoms with Crippen LogP contribution in [0.25, 0.3) is 0 Å². The number of hydrogen-bond acceptors (Lipinski definition) is 8. The molecule has 4 aromatic rings. The van der Waals surface area contributed by atoms with Gasteiger partial charge in [-0.3, -0.25) is 0 Å². The molecule has 0 spiro atoms. The Bertz CT molecular complexity index is 2030. The van der Waals surface area contributed by atoms with Gasteiger partial charge < -0.3 is 18.9 Å². The number of carbonyl (C=O) groups is 4. The molecule has 0 aliphatic rings. The van der Waals surface area contributed by atoms with E-state index in [1.54, 1.807) is 48.5 Å². The van der Waals surface area contributed by atoms with Crippen molar-refractivity contribution in [3.8, 4) is 0 Å². The van der Waals surface area contributed by atoms with Crippen molar-refractivity contribution in [1.29, 1.82) is 0 Å². The highest BCUT2D eigenvalue weighted by atomic mass is 16.6. The van der Waals surface area contributed by atoms with E-state index in [1.165, 1.54) is 0 Å². The van der Waals surface area contributed by atoms with Gasteiger partial charge in [-0.25, -0.2) is 19.2 Å². The number of benzene rings is 4. The van der Waals surface area contributed by atoms with Gasteiger partial charge in [0.25, 0.3) is 0 Å². The van der Waals surface area contributed by atoms with Crippen LogP contribution in [0.5, 0.6) is 0 Å². The van der Waals surface area contributed by atoms with Crippen LogP contribution in [0, 0.1) is 13.8 Å². The van der Waals surface area contributed by atoms with Crippen LogP contribution in [-0.2, 0) is 29.8 Å². The lowest BCUT2D eigenvalue weighted by Crippen LogP contribution is -2.41. The molecule has 0 amide bonds. The van der Waals surface area contributed by atoms with E-state index >= 15 is 0 Å². The number of aryl methyl sites for hydroxylation is 2. The summed E-state index contributed by atoms with van der Waals surface area (Å²) in [6, 6.07) is 29.3. The fourth-order valence-electron chi connectivity index (χ4n) is 7.31. The van der Waals surface area contributed by atoms with Gasteiger partial charge in [-0.2, -0.15) is 0 Å². The van der Waals surface area contributed by atoms with Crippen molar-refractivity contribution in [3.63, 3.8) is 0 Å². The molecule has 0 heterocycles. The van der Waals surface area contributed by atoms with E-state index in [2.05, 4.69) is 48.5 Å². The summed E-state index contributed by atoms with van der Waals surface area (Å²) in [6.45, 7) is 22.4. The van der Waals surface area contributed by atoms with Gasteiger partial charge in [-0.15, -0.1) is 0 Å². The molecule has 0 fully saturated rings. The maximum atomic E-state index is 14.0. The minimum Gasteiger partial charge on any atom is -0.459 e. The Morgan fingerprint density at radius 3 is 1.33 bits per heavy atom. The normalized spacial score (nSPS) is 14.2. The fourth-order valence-corrected chi connectivity index (χ4v) is 7.31. The number of ether oxygens (including phenoxy) is 4. The maximum Gasteiger partial charge on any atom is 0.338 e. The first kappa shape index (κ1) is 48.4. The molecule has 0 aliphatic heterocycles. The molecule has 0 aromatic heterocycles. The first-order valence-electron chi connectivity index (χ1n) is 21.9. The van der Waals surface area contributed by atoms with E-state index in [0.717, 1.165) is 35.1 Å². The Morgan fingerprint density at radius 2 is 0.918 bits per heavy atom. The van der Waals surface area contributed by atoms with Crippen LogP contribution in [-0.4, -0.2) is 47.8 Å².